The number of hydrogen-bond acceptors (Lipinski definition) is 3. The first kappa shape index (κ1) is 16.0. The van der Waals surface area contributed by atoms with Crippen LogP contribution in [0, 0.1) is 20.8 Å². The van der Waals surface area contributed by atoms with Crippen LogP contribution in [0.1, 0.15) is 27.0 Å². The van der Waals surface area contributed by atoms with Crippen LogP contribution in [0.2, 0.25) is 0 Å². The van der Waals surface area contributed by atoms with Crippen LogP contribution in [0.25, 0.3) is 0 Å². The molecule has 5 nitrogen and oxygen atoms in total. The molecular weight excluding hydrogens is 302 g/mol. The number of carboxylic acids is 1. The molecule has 0 atom stereocenters. The van der Waals surface area contributed by atoms with E-state index in [1.54, 1.807) is 38.1 Å². The predicted octanol–water partition coefficient (Wildman–Crippen LogP) is 3.11. The Morgan fingerprint density at radius 1 is 1.00 bits per heavy atom. The van der Waals surface area contributed by atoms with Gasteiger partial charge in [0.05, 0.1) is 16.1 Å². The lowest BCUT2D eigenvalue weighted by Crippen LogP contribution is -2.15. The molecule has 0 radical (unpaired) electrons. The van der Waals surface area contributed by atoms with E-state index in [1.165, 1.54) is 12.1 Å². The molecule has 6 heteroatoms. The second kappa shape index (κ2) is 5.81. The maximum Gasteiger partial charge on any atom is 0.335 e. The van der Waals surface area contributed by atoms with Gasteiger partial charge in [-0.05, 0) is 50.1 Å². The van der Waals surface area contributed by atoms with Gasteiger partial charge in [0.25, 0.3) is 10.0 Å². The topological polar surface area (TPSA) is 83.5 Å². The third-order valence-electron chi connectivity index (χ3n) is 3.35. The summed E-state index contributed by atoms with van der Waals surface area (Å²) in [5.74, 6) is -1.10. The Kier molecular flexibility index (Phi) is 4.23. The quantitative estimate of drug-likeness (QED) is 0.907. The number of rotatable bonds is 4. The van der Waals surface area contributed by atoms with Crippen LogP contribution in [-0.2, 0) is 10.0 Å². The molecule has 0 saturated heterocycles. The number of anilines is 1. The minimum Gasteiger partial charge on any atom is -0.478 e. The maximum atomic E-state index is 12.5. The highest BCUT2D eigenvalue weighted by atomic mass is 32.2. The monoisotopic (exact) mass is 319 g/mol. The predicted molar refractivity (Wildman–Crippen MR) is 84.9 cm³/mol. The molecule has 0 bridgehead atoms. The zero-order chi connectivity index (χ0) is 16.5. The first-order chi connectivity index (χ1) is 10.2. The number of sulfonamides is 1. The van der Waals surface area contributed by atoms with Crippen molar-refractivity contribution in [2.45, 2.75) is 25.7 Å². The normalized spacial score (nSPS) is 11.2. The highest BCUT2D eigenvalue weighted by molar-refractivity contribution is 7.92. The van der Waals surface area contributed by atoms with Crippen LogP contribution in [-0.4, -0.2) is 19.5 Å². The van der Waals surface area contributed by atoms with E-state index in [0.717, 1.165) is 5.56 Å². The number of benzene rings is 2. The fourth-order valence-electron chi connectivity index (χ4n) is 2.17. The van der Waals surface area contributed by atoms with Crippen LogP contribution in [0.4, 0.5) is 5.69 Å². The molecule has 2 aromatic carbocycles. The molecule has 0 amide bonds. The molecule has 0 aromatic heterocycles. The molecule has 0 aliphatic heterocycles. The van der Waals surface area contributed by atoms with Gasteiger partial charge >= 0.3 is 5.97 Å². The van der Waals surface area contributed by atoms with Gasteiger partial charge in [-0.2, -0.15) is 0 Å². The average molecular weight is 319 g/mol. The molecule has 0 heterocycles. The van der Waals surface area contributed by atoms with E-state index >= 15 is 0 Å². The third-order valence-corrected chi connectivity index (χ3v) is 4.87. The minimum absolute atomic E-state index is 0.0314. The zero-order valence-electron chi connectivity index (χ0n) is 12.5. The molecule has 116 valence electrons. The lowest BCUT2D eigenvalue weighted by Gasteiger charge is -2.13. The number of carboxylic acid groups (broad SMARTS) is 1. The molecule has 0 unspecified atom stereocenters. The summed E-state index contributed by atoms with van der Waals surface area (Å²) in [4.78, 5) is 11.2. The summed E-state index contributed by atoms with van der Waals surface area (Å²) in [7, 11) is -3.77. The Bertz CT molecular complexity index is 841. The Labute approximate surface area is 129 Å². The van der Waals surface area contributed by atoms with Gasteiger partial charge in [0, 0.05) is 0 Å². The number of carbonyl (C=O) groups is 1. The van der Waals surface area contributed by atoms with Crippen LogP contribution in [0.15, 0.2) is 41.3 Å². The van der Waals surface area contributed by atoms with Crippen LogP contribution in [0.3, 0.4) is 0 Å². The Morgan fingerprint density at radius 3 is 2.27 bits per heavy atom. The zero-order valence-corrected chi connectivity index (χ0v) is 13.4. The number of aryl methyl sites for hydroxylation is 3. The molecular formula is C16H17NO4S. The van der Waals surface area contributed by atoms with E-state index in [4.69, 9.17) is 5.11 Å². The van der Waals surface area contributed by atoms with Crippen molar-refractivity contribution < 1.29 is 18.3 Å². The van der Waals surface area contributed by atoms with Gasteiger partial charge in [0.2, 0.25) is 0 Å². The van der Waals surface area contributed by atoms with E-state index in [2.05, 4.69) is 4.72 Å². The molecule has 2 aromatic rings. The van der Waals surface area contributed by atoms with Crippen molar-refractivity contribution in [3.05, 3.63) is 58.7 Å². The average Bonchev–Trinajstić information content (AvgIpc) is 2.40. The van der Waals surface area contributed by atoms with Gasteiger partial charge in [0.15, 0.2) is 0 Å². The molecule has 2 N–H and O–H groups in total. The number of nitrogens with one attached hydrogen (secondary N) is 1. The van der Waals surface area contributed by atoms with E-state index in [1.807, 2.05) is 6.92 Å². The summed E-state index contributed by atoms with van der Waals surface area (Å²) in [6.07, 6.45) is 0. The summed E-state index contributed by atoms with van der Waals surface area (Å²) in [5.41, 5.74) is 2.56. The maximum absolute atomic E-state index is 12.5. The second-order valence-electron chi connectivity index (χ2n) is 5.21. The van der Waals surface area contributed by atoms with Crippen LogP contribution < -0.4 is 4.72 Å². The highest BCUT2D eigenvalue weighted by Crippen LogP contribution is 2.23. The molecule has 22 heavy (non-hydrogen) atoms. The minimum atomic E-state index is -3.77. The molecule has 0 aliphatic rings. The Hall–Kier alpha value is -2.34. The SMILES string of the molecule is Cc1ccc(S(=O)(=O)Nc2cc(C(=O)O)ccc2C)c(C)c1. The van der Waals surface area contributed by atoms with E-state index in [0.29, 0.717) is 11.1 Å². The first-order valence-electron chi connectivity index (χ1n) is 6.65. The Balaban J connectivity index is 2.45. The third kappa shape index (κ3) is 3.28. The Morgan fingerprint density at radius 2 is 1.68 bits per heavy atom. The summed E-state index contributed by atoms with van der Waals surface area (Å²) in [5, 5.41) is 9.01. The summed E-state index contributed by atoms with van der Waals surface area (Å²) in [6.45, 7) is 5.32. The van der Waals surface area contributed by atoms with Crippen molar-refractivity contribution in [2.75, 3.05) is 4.72 Å². The smallest absolute Gasteiger partial charge is 0.335 e. The van der Waals surface area contributed by atoms with Gasteiger partial charge in [-0.15, -0.1) is 0 Å². The van der Waals surface area contributed by atoms with Crippen LogP contribution >= 0.6 is 0 Å². The van der Waals surface area contributed by atoms with Gasteiger partial charge in [-0.3, -0.25) is 4.72 Å². The van der Waals surface area contributed by atoms with Gasteiger partial charge in [0.1, 0.15) is 0 Å². The van der Waals surface area contributed by atoms with Crippen LogP contribution in [0.5, 0.6) is 0 Å². The van der Waals surface area contributed by atoms with Crippen molar-refractivity contribution >= 4 is 21.7 Å². The standard InChI is InChI=1S/C16H17NO4S/c1-10-4-7-15(12(3)8-10)22(20,21)17-14-9-13(16(18)19)6-5-11(14)2/h4-9,17H,1-3H3,(H,18,19). The summed E-state index contributed by atoms with van der Waals surface area (Å²) >= 11 is 0. The highest BCUT2D eigenvalue weighted by Gasteiger charge is 2.18. The van der Waals surface area contributed by atoms with Crippen molar-refractivity contribution in [1.29, 1.82) is 0 Å². The fraction of sp³-hybridized carbons (Fsp3) is 0.188. The van der Waals surface area contributed by atoms with Gasteiger partial charge < -0.3 is 5.11 Å². The molecule has 0 fully saturated rings. The largest absolute Gasteiger partial charge is 0.478 e. The summed E-state index contributed by atoms with van der Waals surface area (Å²) in [6, 6.07) is 9.38. The lowest BCUT2D eigenvalue weighted by molar-refractivity contribution is 0.0697. The van der Waals surface area contributed by atoms with Crippen molar-refractivity contribution in [2.24, 2.45) is 0 Å². The second-order valence-corrected chi connectivity index (χ2v) is 6.86. The van der Waals surface area contributed by atoms with E-state index in [9.17, 15) is 13.2 Å². The molecule has 2 rings (SSSR count). The number of hydrogen-bond donors (Lipinski definition) is 2. The van der Waals surface area contributed by atoms with Crippen molar-refractivity contribution in [1.82, 2.24) is 0 Å². The van der Waals surface area contributed by atoms with Gasteiger partial charge in [-0.1, -0.05) is 23.8 Å². The van der Waals surface area contributed by atoms with E-state index < -0.39 is 16.0 Å². The first-order valence-corrected chi connectivity index (χ1v) is 8.13. The van der Waals surface area contributed by atoms with E-state index in [-0.39, 0.29) is 16.1 Å². The van der Waals surface area contributed by atoms with Gasteiger partial charge in [-0.25, -0.2) is 13.2 Å². The van der Waals surface area contributed by atoms with Crippen molar-refractivity contribution in [3.63, 3.8) is 0 Å². The molecule has 0 aliphatic carbocycles. The molecule has 0 saturated carbocycles. The molecule has 0 spiro atoms. The summed E-state index contributed by atoms with van der Waals surface area (Å²) < 4.78 is 27.5. The fourth-order valence-corrected chi connectivity index (χ4v) is 3.51. The number of aromatic carboxylic acids is 1. The lowest BCUT2D eigenvalue weighted by atomic mass is 10.1. The van der Waals surface area contributed by atoms with Crippen molar-refractivity contribution in [3.8, 4) is 0 Å².